The quantitative estimate of drug-likeness (QED) is 0.399. The first kappa shape index (κ1) is 25.6. The molecule has 184 valence electrons. The number of benzene rings is 2. The number of rotatable bonds is 10. The number of hydrogen-bond donors (Lipinski definition) is 4. The molecule has 3 atom stereocenters. The van der Waals surface area contributed by atoms with Crippen LogP contribution in [0.15, 0.2) is 54.6 Å². The monoisotopic (exact) mass is 467 g/mol. The molecule has 7 nitrogen and oxygen atoms in total. The molecule has 0 aliphatic carbocycles. The average Bonchev–Trinajstić information content (AvgIpc) is 2.80. The van der Waals surface area contributed by atoms with E-state index in [0.717, 1.165) is 32.5 Å². The van der Waals surface area contributed by atoms with Crippen molar-refractivity contribution in [1.82, 2.24) is 15.5 Å². The van der Waals surface area contributed by atoms with Crippen molar-refractivity contribution in [2.24, 2.45) is 5.92 Å². The van der Waals surface area contributed by atoms with E-state index in [1.54, 1.807) is 6.07 Å². The molecule has 1 fully saturated rings. The summed E-state index contributed by atoms with van der Waals surface area (Å²) < 4.78 is 0. The van der Waals surface area contributed by atoms with Crippen LogP contribution >= 0.6 is 0 Å². The van der Waals surface area contributed by atoms with Crippen molar-refractivity contribution in [3.63, 3.8) is 0 Å². The van der Waals surface area contributed by atoms with E-state index in [9.17, 15) is 14.7 Å². The number of amides is 2. The molecule has 3 unspecified atom stereocenters. The van der Waals surface area contributed by atoms with Gasteiger partial charge in [-0.3, -0.25) is 4.79 Å². The largest absolute Gasteiger partial charge is 0.508 e. The number of carboxylic acid groups (broad SMARTS) is 1. The normalized spacial score (nSPS) is 21.5. The summed E-state index contributed by atoms with van der Waals surface area (Å²) in [5, 5.41) is 24.1. The minimum atomic E-state index is -1.07. The summed E-state index contributed by atoms with van der Waals surface area (Å²) in [6.07, 6.45) is 1.41. The molecule has 0 aromatic heterocycles. The SMILES string of the molecule is CC1CN(CC(Cc2ccccc2)NC(=O)CCCNC(=O)O)CCC1(C)c1cccc(O)c1. The number of phenols is 1. The van der Waals surface area contributed by atoms with E-state index in [1.807, 2.05) is 30.3 Å². The maximum Gasteiger partial charge on any atom is 0.404 e. The van der Waals surface area contributed by atoms with Gasteiger partial charge in [0, 0.05) is 32.1 Å². The second-order valence-corrected chi connectivity index (χ2v) is 9.67. The van der Waals surface area contributed by atoms with Gasteiger partial charge in [-0.2, -0.15) is 0 Å². The number of piperidine rings is 1. The van der Waals surface area contributed by atoms with E-state index in [0.29, 0.717) is 18.1 Å². The Morgan fingerprint density at radius 2 is 1.94 bits per heavy atom. The predicted octanol–water partition coefficient (Wildman–Crippen LogP) is 3.77. The summed E-state index contributed by atoms with van der Waals surface area (Å²) in [4.78, 5) is 25.6. The van der Waals surface area contributed by atoms with Crippen LogP contribution in [-0.4, -0.2) is 59.3 Å². The molecule has 2 amide bonds. The van der Waals surface area contributed by atoms with E-state index in [4.69, 9.17) is 5.11 Å². The number of phenolic OH excluding ortho intramolecular Hbond substituents is 1. The summed E-state index contributed by atoms with van der Waals surface area (Å²) >= 11 is 0. The van der Waals surface area contributed by atoms with Crippen LogP contribution in [0, 0.1) is 5.92 Å². The van der Waals surface area contributed by atoms with Crippen molar-refractivity contribution >= 4 is 12.0 Å². The summed E-state index contributed by atoms with van der Waals surface area (Å²) in [7, 11) is 0. The molecule has 4 N–H and O–H groups in total. The molecule has 1 saturated heterocycles. The van der Waals surface area contributed by atoms with Crippen LogP contribution in [0.5, 0.6) is 5.75 Å². The van der Waals surface area contributed by atoms with Gasteiger partial charge in [0.1, 0.15) is 5.75 Å². The molecule has 2 aromatic carbocycles. The highest BCUT2D eigenvalue weighted by atomic mass is 16.4. The van der Waals surface area contributed by atoms with Crippen LogP contribution in [-0.2, 0) is 16.6 Å². The van der Waals surface area contributed by atoms with Gasteiger partial charge in [-0.1, -0.05) is 56.3 Å². The van der Waals surface area contributed by atoms with E-state index in [2.05, 4.69) is 47.6 Å². The fourth-order valence-corrected chi connectivity index (χ4v) is 4.89. The summed E-state index contributed by atoms with van der Waals surface area (Å²) in [5.41, 5.74) is 2.34. The van der Waals surface area contributed by atoms with Crippen LogP contribution in [0.1, 0.15) is 44.2 Å². The number of nitrogens with one attached hydrogen (secondary N) is 2. The van der Waals surface area contributed by atoms with Crippen molar-refractivity contribution < 1.29 is 19.8 Å². The van der Waals surface area contributed by atoms with Gasteiger partial charge in [-0.15, -0.1) is 0 Å². The minimum Gasteiger partial charge on any atom is -0.508 e. The van der Waals surface area contributed by atoms with Crippen LogP contribution in [0.3, 0.4) is 0 Å². The molecule has 0 bridgehead atoms. The van der Waals surface area contributed by atoms with Crippen molar-refractivity contribution in [2.45, 2.75) is 51.0 Å². The molecule has 7 heteroatoms. The smallest absolute Gasteiger partial charge is 0.404 e. The van der Waals surface area contributed by atoms with Crippen molar-refractivity contribution in [3.8, 4) is 5.75 Å². The lowest BCUT2D eigenvalue weighted by molar-refractivity contribution is -0.122. The van der Waals surface area contributed by atoms with Crippen LogP contribution in [0.2, 0.25) is 0 Å². The minimum absolute atomic E-state index is 0.00937. The molecule has 1 heterocycles. The highest BCUT2D eigenvalue weighted by Crippen LogP contribution is 2.40. The molecule has 1 aliphatic heterocycles. The molecule has 2 aromatic rings. The Morgan fingerprint density at radius 1 is 1.18 bits per heavy atom. The zero-order chi connectivity index (χ0) is 24.6. The Labute approximate surface area is 202 Å². The lowest BCUT2D eigenvalue weighted by Gasteiger charge is -2.46. The van der Waals surface area contributed by atoms with Gasteiger partial charge in [-0.05, 0) is 60.4 Å². The number of nitrogens with zero attached hydrogens (tertiary/aromatic N) is 1. The molecule has 0 spiro atoms. The first-order valence-corrected chi connectivity index (χ1v) is 12.1. The van der Waals surface area contributed by atoms with Gasteiger partial charge in [0.25, 0.3) is 0 Å². The van der Waals surface area contributed by atoms with Crippen molar-refractivity contribution in [3.05, 3.63) is 65.7 Å². The second-order valence-electron chi connectivity index (χ2n) is 9.67. The number of hydrogen-bond acceptors (Lipinski definition) is 4. The molecule has 34 heavy (non-hydrogen) atoms. The summed E-state index contributed by atoms with van der Waals surface area (Å²) in [6.45, 7) is 7.39. The Hall–Kier alpha value is -3.06. The van der Waals surface area contributed by atoms with Gasteiger partial charge in [0.2, 0.25) is 5.91 Å². The standard InChI is InChI=1S/C27H37N3O4/c1-20-18-30(15-13-27(20,2)22-10-6-11-24(31)17-22)19-23(16-21-8-4-3-5-9-21)29-25(32)12-7-14-28-26(33)34/h3-6,8-11,17,20,23,28,31H,7,12-16,18-19H2,1-2H3,(H,29,32)(H,33,34). The Morgan fingerprint density at radius 3 is 2.62 bits per heavy atom. The summed E-state index contributed by atoms with van der Waals surface area (Å²) in [6, 6.07) is 17.7. The Balaban J connectivity index is 1.61. The molecule has 3 rings (SSSR count). The number of likely N-dealkylation sites (tertiary alicyclic amines) is 1. The third-order valence-corrected chi connectivity index (χ3v) is 7.10. The first-order valence-electron chi connectivity index (χ1n) is 12.1. The van der Waals surface area contributed by atoms with Gasteiger partial charge >= 0.3 is 6.09 Å². The third kappa shape index (κ3) is 7.22. The highest BCUT2D eigenvalue weighted by Gasteiger charge is 2.38. The van der Waals surface area contributed by atoms with Crippen molar-refractivity contribution in [2.75, 3.05) is 26.2 Å². The second kappa shape index (κ2) is 11.9. The first-order chi connectivity index (χ1) is 16.3. The lowest BCUT2D eigenvalue weighted by atomic mass is 9.68. The van der Waals surface area contributed by atoms with Gasteiger partial charge in [-0.25, -0.2) is 4.79 Å². The topological polar surface area (TPSA) is 102 Å². The Bertz CT molecular complexity index is 952. The lowest BCUT2D eigenvalue weighted by Crippen LogP contribution is -2.52. The van der Waals surface area contributed by atoms with Crippen LogP contribution < -0.4 is 10.6 Å². The van der Waals surface area contributed by atoms with E-state index >= 15 is 0 Å². The number of carbonyl (C=O) groups is 2. The van der Waals surface area contributed by atoms with Gasteiger partial charge < -0.3 is 25.7 Å². The van der Waals surface area contributed by atoms with Crippen LogP contribution in [0.25, 0.3) is 0 Å². The molecule has 1 aliphatic rings. The zero-order valence-corrected chi connectivity index (χ0v) is 20.2. The third-order valence-electron chi connectivity index (χ3n) is 7.10. The maximum atomic E-state index is 12.6. The highest BCUT2D eigenvalue weighted by molar-refractivity contribution is 5.76. The molecule has 0 saturated carbocycles. The summed E-state index contributed by atoms with van der Waals surface area (Å²) in [5.74, 6) is 0.638. The molecule has 0 radical (unpaired) electrons. The van der Waals surface area contributed by atoms with Gasteiger partial charge in [0.05, 0.1) is 0 Å². The maximum absolute atomic E-state index is 12.6. The Kier molecular flexibility index (Phi) is 8.93. The number of carbonyl (C=O) groups excluding carboxylic acids is 1. The van der Waals surface area contributed by atoms with Crippen molar-refractivity contribution in [1.29, 1.82) is 0 Å². The average molecular weight is 468 g/mol. The predicted molar refractivity (Wildman–Crippen MR) is 133 cm³/mol. The molecular weight excluding hydrogens is 430 g/mol. The van der Waals surface area contributed by atoms with E-state index < -0.39 is 6.09 Å². The fourth-order valence-electron chi connectivity index (χ4n) is 4.89. The van der Waals surface area contributed by atoms with E-state index in [-0.39, 0.29) is 30.3 Å². The van der Waals surface area contributed by atoms with Gasteiger partial charge in [0.15, 0.2) is 0 Å². The van der Waals surface area contributed by atoms with Crippen LogP contribution in [0.4, 0.5) is 4.79 Å². The fraction of sp³-hybridized carbons (Fsp3) is 0.481. The zero-order valence-electron chi connectivity index (χ0n) is 20.2. The number of aromatic hydroxyl groups is 1. The van der Waals surface area contributed by atoms with E-state index in [1.165, 1.54) is 11.1 Å². The molecular formula is C27H37N3O4.